The van der Waals surface area contributed by atoms with Crippen molar-refractivity contribution in [2.24, 2.45) is 5.41 Å². The number of hydrogen-bond acceptors (Lipinski definition) is 3. The number of allylic oxidation sites excluding steroid dienone is 2. The molecule has 4 nitrogen and oxygen atoms in total. The summed E-state index contributed by atoms with van der Waals surface area (Å²) in [6, 6.07) is 7.88. The summed E-state index contributed by atoms with van der Waals surface area (Å²) in [6.07, 6.45) is 7.37. The van der Waals surface area contributed by atoms with Crippen LogP contribution in [0.15, 0.2) is 35.5 Å². The SMILES string of the molecule is O=C1CCCC2=C1C1(CCCC1)CC1c3ccccc3OC(=O)N21. The van der Waals surface area contributed by atoms with Crippen molar-refractivity contribution in [3.8, 4) is 5.75 Å². The van der Waals surface area contributed by atoms with Crippen LogP contribution in [0.3, 0.4) is 0 Å². The molecule has 4 heteroatoms. The normalized spacial score (nSPS) is 27.7. The molecule has 0 saturated heterocycles. The van der Waals surface area contributed by atoms with Gasteiger partial charge in [0.2, 0.25) is 0 Å². The number of ketones is 1. The van der Waals surface area contributed by atoms with E-state index in [9.17, 15) is 9.59 Å². The topological polar surface area (TPSA) is 46.6 Å². The van der Waals surface area contributed by atoms with E-state index in [1.165, 1.54) is 12.8 Å². The predicted octanol–water partition coefficient (Wildman–Crippen LogP) is 4.51. The van der Waals surface area contributed by atoms with Gasteiger partial charge in [-0.3, -0.25) is 9.69 Å². The Morgan fingerprint density at radius 2 is 1.83 bits per heavy atom. The summed E-state index contributed by atoms with van der Waals surface area (Å²) < 4.78 is 5.58. The monoisotopic (exact) mass is 323 g/mol. The number of para-hydroxylation sites is 1. The molecule has 0 bridgehead atoms. The van der Waals surface area contributed by atoms with Gasteiger partial charge in [0, 0.05) is 28.7 Å². The summed E-state index contributed by atoms with van der Waals surface area (Å²) in [4.78, 5) is 27.3. The molecule has 0 N–H and O–H groups in total. The second-order valence-corrected chi connectivity index (χ2v) is 7.58. The van der Waals surface area contributed by atoms with Gasteiger partial charge < -0.3 is 4.74 Å². The molecule has 0 radical (unpaired) electrons. The van der Waals surface area contributed by atoms with Gasteiger partial charge in [-0.25, -0.2) is 4.79 Å². The number of rotatable bonds is 0. The molecular formula is C20H21NO3. The first-order chi connectivity index (χ1) is 11.7. The Balaban J connectivity index is 1.73. The van der Waals surface area contributed by atoms with E-state index in [1.807, 2.05) is 18.2 Å². The Hall–Kier alpha value is -2.10. The number of carbonyl (C=O) groups is 2. The molecular weight excluding hydrogens is 302 g/mol. The van der Waals surface area contributed by atoms with Crippen LogP contribution in [-0.4, -0.2) is 16.8 Å². The summed E-state index contributed by atoms with van der Waals surface area (Å²) >= 11 is 0. The van der Waals surface area contributed by atoms with Crippen molar-refractivity contribution in [3.05, 3.63) is 41.1 Å². The lowest BCUT2D eigenvalue weighted by atomic mass is 9.65. The van der Waals surface area contributed by atoms with Crippen molar-refractivity contribution < 1.29 is 14.3 Å². The first kappa shape index (κ1) is 14.3. The highest BCUT2D eigenvalue weighted by molar-refractivity contribution is 5.99. The third kappa shape index (κ3) is 1.80. The fourth-order valence-electron chi connectivity index (χ4n) is 5.41. The molecule has 5 rings (SSSR count). The summed E-state index contributed by atoms with van der Waals surface area (Å²) in [5.74, 6) is 0.950. The van der Waals surface area contributed by atoms with Crippen LogP contribution < -0.4 is 4.74 Å². The molecule has 1 aromatic rings. The molecule has 0 aromatic heterocycles. The van der Waals surface area contributed by atoms with Gasteiger partial charge in [0.05, 0.1) is 6.04 Å². The molecule has 24 heavy (non-hydrogen) atoms. The maximum atomic E-state index is 12.8. The standard InChI is InChI=1S/C20H21NO3/c22-16-8-5-7-14-18(16)20(10-3-4-11-20)12-15-13-6-1-2-9-17(13)24-19(23)21(14)15/h1-2,6,9,15H,3-5,7-8,10-12H2. The van der Waals surface area contributed by atoms with Gasteiger partial charge in [0.15, 0.2) is 5.78 Å². The second-order valence-electron chi connectivity index (χ2n) is 7.58. The Kier molecular flexibility index (Phi) is 2.94. The van der Waals surface area contributed by atoms with E-state index in [1.54, 1.807) is 4.90 Å². The minimum Gasteiger partial charge on any atom is -0.410 e. The lowest BCUT2D eigenvalue weighted by Crippen LogP contribution is -2.49. The molecule has 1 saturated carbocycles. The summed E-state index contributed by atoms with van der Waals surface area (Å²) in [5.41, 5.74) is 3.01. The summed E-state index contributed by atoms with van der Waals surface area (Å²) in [5, 5.41) is 0. The van der Waals surface area contributed by atoms with Crippen LogP contribution in [0.5, 0.6) is 5.75 Å². The molecule has 2 heterocycles. The molecule has 1 unspecified atom stereocenters. The first-order valence-corrected chi connectivity index (χ1v) is 9.06. The minimum atomic E-state index is -0.311. The van der Waals surface area contributed by atoms with E-state index < -0.39 is 0 Å². The van der Waals surface area contributed by atoms with Gasteiger partial charge in [-0.15, -0.1) is 0 Å². The zero-order valence-corrected chi connectivity index (χ0v) is 13.7. The Morgan fingerprint density at radius 1 is 1.04 bits per heavy atom. The fourth-order valence-corrected chi connectivity index (χ4v) is 5.41. The molecule has 1 spiro atoms. The molecule has 1 aromatic carbocycles. The molecule has 1 fully saturated rings. The van der Waals surface area contributed by atoms with Gasteiger partial charge in [-0.1, -0.05) is 31.0 Å². The van der Waals surface area contributed by atoms with E-state index in [4.69, 9.17) is 4.74 Å². The third-order valence-electron chi connectivity index (χ3n) is 6.33. The van der Waals surface area contributed by atoms with Gasteiger partial charge in [0.25, 0.3) is 0 Å². The van der Waals surface area contributed by atoms with Crippen LogP contribution in [0.1, 0.15) is 63.0 Å². The zero-order chi connectivity index (χ0) is 16.3. The zero-order valence-electron chi connectivity index (χ0n) is 13.7. The number of nitrogens with zero attached hydrogens (tertiary/aromatic N) is 1. The molecule has 1 atom stereocenters. The number of benzene rings is 1. The number of carbonyl (C=O) groups excluding carboxylic acids is 2. The molecule has 2 aliphatic carbocycles. The molecule has 124 valence electrons. The van der Waals surface area contributed by atoms with Crippen LogP contribution in [-0.2, 0) is 4.79 Å². The Labute approximate surface area is 141 Å². The number of amides is 1. The fraction of sp³-hybridized carbons (Fsp3) is 0.500. The lowest BCUT2D eigenvalue weighted by Gasteiger charge is -2.50. The molecule has 4 aliphatic rings. The van der Waals surface area contributed by atoms with Gasteiger partial charge >= 0.3 is 6.09 Å². The van der Waals surface area contributed by atoms with Crippen LogP contribution in [0.4, 0.5) is 4.79 Å². The van der Waals surface area contributed by atoms with Crippen molar-refractivity contribution >= 4 is 11.9 Å². The smallest absolute Gasteiger partial charge is 0.410 e. The van der Waals surface area contributed by atoms with Crippen molar-refractivity contribution in [3.63, 3.8) is 0 Å². The van der Waals surface area contributed by atoms with E-state index in [-0.39, 0.29) is 23.3 Å². The van der Waals surface area contributed by atoms with Crippen LogP contribution in [0.25, 0.3) is 0 Å². The van der Waals surface area contributed by atoms with Crippen molar-refractivity contribution in [2.75, 3.05) is 0 Å². The average molecular weight is 323 g/mol. The highest BCUT2D eigenvalue weighted by Gasteiger charge is 2.53. The largest absolute Gasteiger partial charge is 0.420 e. The first-order valence-electron chi connectivity index (χ1n) is 9.06. The van der Waals surface area contributed by atoms with Gasteiger partial charge in [0.1, 0.15) is 5.75 Å². The number of Topliss-reactive ketones (excluding diaryl/α,β-unsaturated/α-hetero) is 1. The van der Waals surface area contributed by atoms with Crippen molar-refractivity contribution in [1.29, 1.82) is 0 Å². The third-order valence-corrected chi connectivity index (χ3v) is 6.33. The van der Waals surface area contributed by atoms with E-state index in [0.29, 0.717) is 12.2 Å². The van der Waals surface area contributed by atoms with E-state index in [2.05, 4.69) is 6.07 Å². The van der Waals surface area contributed by atoms with E-state index in [0.717, 1.165) is 48.9 Å². The summed E-state index contributed by atoms with van der Waals surface area (Å²) in [7, 11) is 0. The van der Waals surface area contributed by atoms with Crippen molar-refractivity contribution in [2.45, 2.75) is 57.4 Å². The van der Waals surface area contributed by atoms with Crippen molar-refractivity contribution in [1.82, 2.24) is 4.90 Å². The minimum absolute atomic E-state index is 0.0151. The molecule has 2 aliphatic heterocycles. The number of fused-ring (bicyclic) bond motifs is 5. The van der Waals surface area contributed by atoms with Crippen LogP contribution in [0.2, 0.25) is 0 Å². The average Bonchev–Trinajstić information content (AvgIpc) is 3.03. The highest BCUT2D eigenvalue weighted by Crippen LogP contribution is 2.59. The van der Waals surface area contributed by atoms with Gasteiger partial charge in [-0.05, 0) is 38.2 Å². The van der Waals surface area contributed by atoms with Crippen LogP contribution in [0, 0.1) is 5.41 Å². The summed E-state index contributed by atoms with van der Waals surface area (Å²) in [6.45, 7) is 0. The van der Waals surface area contributed by atoms with Crippen LogP contribution >= 0.6 is 0 Å². The Morgan fingerprint density at radius 3 is 2.67 bits per heavy atom. The maximum absolute atomic E-state index is 12.8. The van der Waals surface area contributed by atoms with E-state index >= 15 is 0 Å². The second kappa shape index (κ2) is 4.95. The highest BCUT2D eigenvalue weighted by atomic mass is 16.6. The maximum Gasteiger partial charge on any atom is 0.420 e. The molecule has 1 amide bonds. The number of ether oxygens (including phenoxy) is 1. The quantitative estimate of drug-likeness (QED) is 0.705. The predicted molar refractivity (Wildman–Crippen MR) is 88.4 cm³/mol. The number of hydrogen-bond donors (Lipinski definition) is 0. The Bertz CT molecular complexity index is 773. The van der Waals surface area contributed by atoms with Gasteiger partial charge in [-0.2, -0.15) is 0 Å². The lowest BCUT2D eigenvalue weighted by molar-refractivity contribution is -0.118.